The fourth-order valence-electron chi connectivity index (χ4n) is 1.52. The van der Waals surface area contributed by atoms with Gasteiger partial charge in [0.15, 0.2) is 0 Å². The Morgan fingerprint density at radius 3 is 2.56 bits per heavy atom. The number of thiocarbonyl (C=S) groups is 1. The predicted molar refractivity (Wildman–Crippen MR) is 76.4 cm³/mol. The lowest BCUT2D eigenvalue weighted by Gasteiger charge is -2.08. The number of rotatable bonds is 3. The van der Waals surface area contributed by atoms with Crippen LogP contribution in [0.2, 0.25) is 5.02 Å². The van der Waals surface area contributed by atoms with Crippen molar-refractivity contribution in [3.63, 3.8) is 0 Å². The lowest BCUT2D eigenvalue weighted by atomic mass is 10.2. The number of nitrogens with one attached hydrogen (secondary N) is 1. The van der Waals surface area contributed by atoms with Gasteiger partial charge in [-0.05, 0) is 29.8 Å². The first kappa shape index (κ1) is 13.0. The van der Waals surface area contributed by atoms with E-state index in [9.17, 15) is 4.39 Å². The zero-order valence-corrected chi connectivity index (χ0v) is 11.1. The Hall–Kier alpha value is -1.45. The average Bonchev–Trinajstić information content (AvgIpc) is 2.38. The molecule has 0 aliphatic heterocycles. The zero-order chi connectivity index (χ0) is 13.0. The number of hydrogen-bond acceptors (Lipinski definition) is 1. The van der Waals surface area contributed by atoms with E-state index in [1.165, 1.54) is 12.1 Å². The van der Waals surface area contributed by atoms with E-state index >= 15 is 0 Å². The molecule has 1 nitrogen and oxygen atoms in total. The maximum atomic E-state index is 13.0. The zero-order valence-electron chi connectivity index (χ0n) is 9.49. The van der Waals surface area contributed by atoms with Crippen LogP contribution in [0.3, 0.4) is 0 Å². The van der Waals surface area contributed by atoms with Gasteiger partial charge in [0, 0.05) is 17.1 Å². The van der Waals surface area contributed by atoms with Gasteiger partial charge in [-0.15, -0.1) is 0 Å². The van der Waals surface area contributed by atoms with E-state index in [-0.39, 0.29) is 5.82 Å². The third-order valence-corrected chi connectivity index (χ3v) is 3.09. The molecule has 0 heterocycles. The van der Waals surface area contributed by atoms with Gasteiger partial charge in [-0.2, -0.15) is 0 Å². The predicted octanol–water partition coefficient (Wildman–Crippen LogP) is 3.94. The summed E-state index contributed by atoms with van der Waals surface area (Å²) in [5.74, 6) is -0.289. The quantitative estimate of drug-likeness (QED) is 0.854. The SMILES string of the molecule is Fc1cccc(C(=S)NCc2ccc(Cl)cc2)c1. The molecule has 0 fully saturated rings. The molecule has 92 valence electrons. The molecule has 2 aromatic rings. The highest BCUT2D eigenvalue weighted by Gasteiger charge is 2.02. The Morgan fingerprint density at radius 2 is 1.89 bits per heavy atom. The molecule has 0 saturated carbocycles. The number of benzene rings is 2. The van der Waals surface area contributed by atoms with Crippen molar-refractivity contribution in [3.8, 4) is 0 Å². The summed E-state index contributed by atoms with van der Waals surface area (Å²) in [6, 6.07) is 13.7. The summed E-state index contributed by atoms with van der Waals surface area (Å²) < 4.78 is 13.0. The molecule has 0 bridgehead atoms. The second-order valence-corrected chi connectivity index (χ2v) is 4.66. The fourth-order valence-corrected chi connectivity index (χ4v) is 1.84. The molecule has 18 heavy (non-hydrogen) atoms. The lowest BCUT2D eigenvalue weighted by molar-refractivity contribution is 0.627. The van der Waals surface area contributed by atoms with Crippen LogP contribution in [0.1, 0.15) is 11.1 Å². The summed E-state index contributed by atoms with van der Waals surface area (Å²) in [6.45, 7) is 0.590. The van der Waals surface area contributed by atoms with Gasteiger partial charge in [-0.1, -0.05) is 48.1 Å². The minimum Gasteiger partial charge on any atom is -0.372 e. The molecule has 0 saturated heterocycles. The summed E-state index contributed by atoms with van der Waals surface area (Å²) >= 11 is 11.0. The van der Waals surface area contributed by atoms with Crippen LogP contribution in [0.15, 0.2) is 48.5 Å². The minimum absolute atomic E-state index is 0.289. The van der Waals surface area contributed by atoms with Gasteiger partial charge in [0.25, 0.3) is 0 Å². The highest BCUT2D eigenvalue weighted by atomic mass is 35.5. The van der Waals surface area contributed by atoms with Gasteiger partial charge in [-0.3, -0.25) is 0 Å². The van der Waals surface area contributed by atoms with Crippen LogP contribution in [0.25, 0.3) is 0 Å². The van der Waals surface area contributed by atoms with Crippen molar-refractivity contribution in [2.24, 2.45) is 0 Å². The maximum absolute atomic E-state index is 13.0. The molecule has 0 unspecified atom stereocenters. The highest BCUT2D eigenvalue weighted by Crippen LogP contribution is 2.10. The molecular weight excluding hydrogens is 269 g/mol. The molecule has 4 heteroatoms. The van der Waals surface area contributed by atoms with Gasteiger partial charge in [-0.25, -0.2) is 4.39 Å². The van der Waals surface area contributed by atoms with Crippen LogP contribution in [0.5, 0.6) is 0 Å². The Morgan fingerprint density at radius 1 is 1.17 bits per heavy atom. The molecular formula is C14H11ClFNS. The first-order valence-corrected chi connectivity index (χ1v) is 6.22. The average molecular weight is 280 g/mol. The monoisotopic (exact) mass is 279 g/mol. The Labute approximate surface area is 116 Å². The summed E-state index contributed by atoms with van der Waals surface area (Å²) in [7, 11) is 0. The topological polar surface area (TPSA) is 12.0 Å². The molecule has 2 aromatic carbocycles. The van der Waals surface area contributed by atoms with E-state index in [4.69, 9.17) is 23.8 Å². The van der Waals surface area contributed by atoms with E-state index in [2.05, 4.69) is 5.32 Å². The Balaban J connectivity index is 1.98. The van der Waals surface area contributed by atoms with Crippen LogP contribution < -0.4 is 5.32 Å². The molecule has 0 aliphatic carbocycles. The lowest BCUT2D eigenvalue weighted by Crippen LogP contribution is -2.21. The van der Waals surface area contributed by atoms with Crippen LogP contribution in [-0.2, 0) is 6.54 Å². The Bertz CT molecular complexity index is 554. The van der Waals surface area contributed by atoms with Crippen LogP contribution in [0.4, 0.5) is 4.39 Å². The molecule has 0 radical (unpaired) electrons. The van der Waals surface area contributed by atoms with Crippen LogP contribution in [-0.4, -0.2) is 4.99 Å². The van der Waals surface area contributed by atoms with E-state index in [0.717, 1.165) is 5.56 Å². The highest BCUT2D eigenvalue weighted by molar-refractivity contribution is 7.80. The van der Waals surface area contributed by atoms with Crippen molar-refractivity contribution in [2.75, 3.05) is 0 Å². The normalized spacial score (nSPS) is 10.1. The summed E-state index contributed by atoms with van der Waals surface area (Å²) in [5.41, 5.74) is 1.75. The number of hydrogen-bond donors (Lipinski definition) is 1. The molecule has 0 amide bonds. The van der Waals surface area contributed by atoms with E-state index in [0.29, 0.717) is 22.1 Å². The summed E-state index contributed by atoms with van der Waals surface area (Å²) in [6.07, 6.45) is 0. The third-order valence-electron chi connectivity index (χ3n) is 2.45. The largest absolute Gasteiger partial charge is 0.372 e. The van der Waals surface area contributed by atoms with Crippen molar-refractivity contribution in [1.82, 2.24) is 5.32 Å². The molecule has 0 aliphatic rings. The standard InChI is InChI=1S/C14H11ClFNS/c15-12-6-4-10(5-7-12)9-17-14(18)11-2-1-3-13(16)8-11/h1-8H,9H2,(H,17,18). The van der Waals surface area contributed by atoms with Crippen molar-refractivity contribution < 1.29 is 4.39 Å². The van der Waals surface area contributed by atoms with E-state index in [1.807, 2.05) is 24.3 Å². The maximum Gasteiger partial charge on any atom is 0.123 e. The van der Waals surface area contributed by atoms with E-state index < -0.39 is 0 Å². The van der Waals surface area contributed by atoms with Gasteiger partial charge < -0.3 is 5.32 Å². The van der Waals surface area contributed by atoms with E-state index in [1.54, 1.807) is 12.1 Å². The first-order valence-electron chi connectivity index (χ1n) is 5.43. The smallest absolute Gasteiger partial charge is 0.123 e. The second-order valence-electron chi connectivity index (χ2n) is 3.82. The molecule has 1 N–H and O–H groups in total. The molecule has 2 rings (SSSR count). The summed E-state index contributed by atoms with van der Waals surface area (Å²) in [4.78, 5) is 0.532. The molecule has 0 aromatic heterocycles. The minimum atomic E-state index is -0.289. The van der Waals surface area contributed by atoms with Gasteiger partial charge >= 0.3 is 0 Å². The molecule has 0 atom stereocenters. The van der Waals surface area contributed by atoms with Crippen LogP contribution in [0, 0.1) is 5.82 Å². The van der Waals surface area contributed by atoms with Crippen LogP contribution >= 0.6 is 23.8 Å². The summed E-state index contributed by atoms with van der Waals surface area (Å²) in [5, 5.41) is 3.78. The third kappa shape index (κ3) is 3.52. The molecule has 0 spiro atoms. The first-order chi connectivity index (χ1) is 8.65. The Kier molecular flexibility index (Phi) is 4.28. The van der Waals surface area contributed by atoms with Gasteiger partial charge in [0.2, 0.25) is 0 Å². The van der Waals surface area contributed by atoms with Crippen molar-refractivity contribution in [2.45, 2.75) is 6.54 Å². The van der Waals surface area contributed by atoms with Crippen molar-refractivity contribution in [3.05, 3.63) is 70.5 Å². The van der Waals surface area contributed by atoms with Crippen molar-refractivity contribution in [1.29, 1.82) is 0 Å². The fraction of sp³-hybridized carbons (Fsp3) is 0.0714. The second kappa shape index (κ2) is 5.94. The van der Waals surface area contributed by atoms with Crippen molar-refractivity contribution >= 4 is 28.8 Å². The number of halogens is 2. The van der Waals surface area contributed by atoms with Gasteiger partial charge in [0.05, 0.1) is 0 Å². The van der Waals surface area contributed by atoms with Gasteiger partial charge in [0.1, 0.15) is 10.8 Å².